The third-order valence-electron chi connectivity index (χ3n) is 20.4. The van der Waals surface area contributed by atoms with E-state index in [-0.39, 0.29) is 50.0 Å². The Morgan fingerprint density at radius 2 is 0.817 bits per heavy atom. The first kappa shape index (κ1) is 54.5. The summed E-state index contributed by atoms with van der Waals surface area (Å²) in [5, 5.41) is 0. The summed E-state index contributed by atoms with van der Waals surface area (Å²) in [6.07, 6.45) is 3.32. The van der Waals surface area contributed by atoms with Gasteiger partial charge < -0.3 is 14.7 Å². The molecule has 13 rings (SSSR count). The molecule has 0 spiro atoms. The maximum atomic E-state index is 2.81. The predicted molar refractivity (Wildman–Crippen MR) is 355 cm³/mol. The van der Waals surface area contributed by atoms with Crippen LogP contribution in [0.4, 0.5) is 51.2 Å². The number of hydrogen-bond donors (Lipinski definition) is 0. The zero-order valence-corrected chi connectivity index (χ0v) is 53.0. The van der Waals surface area contributed by atoms with E-state index in [2.05, 4.69) is 298 Å². The Bertz CT molecular complexity index is 3910. The van der Waals surface area contributed by atoms with Crippen molar-refractivity contribution in [2.24, 2.45) is 0 Å². The van der Waals surface area contributed by atoms with E-state index in [1.807, 2.05) is 0 Å². The van der Waals surface area contributed by atoms with Crippen LogP contribution < -0.4 is 31.1 Å². The van der Waals surface area contributed by atoms with Crippen molar-refractivity contribution in [1.29, 1.82) is 0 Å². The SMILES string of the molecule is Cc1ccc(C(C)(C)C)cc1N1c2cc(N(c3ccccc3)c3ccccc3)ccc2B2c3cc4c(cc3N(c3cc5c(cc3-c3ccc6c(c3)C(C)(C)CC6(C)C)C(C)(C)CC5(C)C)c3cc(C(C)(C)C)cc1c32)C(C)(C)CC4(C)C. The standard InChI is InChI=1S/C78H88BN3/c1-48-30-32-50(71(2,3)4)37-64(48)81-66-40-54(80(52-26-22-20-23-27-52)53-28-24-21-25-29-53)33-35-62(66)79-63-42-59-61(78(18,19)47-76(59,14)15)44-67(63)82(69-39-51(72(5,6)7)38-68(81)70(69)79)65-43-60-58(75(12,13)46-77(60,16)17)41-55(65)49-31-34-56-57(36-49)74(10,11)45-73(56,8)9/h20-44H,45-47H2,1-19H3. The molecule has 5 aliphatic rings. The van der Waals surface area contributed by atoms with Crippen LogP contribution >= 0.6 is 0 Å². The molecule has 0 bridgehead atoms. The van der Waals surface area contributed by atoms with Crippen LogP contribution in [0, 0.1) is 6.92 Å². The normalized spacial score (nSPS) is 18.8. The molecule has 2 aliphatic heterocycles. The Balaban J connectivity index is 1.18. The zero-order chi connectivity index (χ0) is 58.4. The number of nitrogens with zero attached hydrogens (tertiary/aromatic N) is 3. The van der Waals surface area contributed by atoms with Crippen LogP contribution in [0.1, 0.15) is 194 Å². The quantitative estimate of drug-likeness (QED) is 0.154. The van der Waals surface area contributed by atoms with Crippen LogP contribution in [0.25, 0.3) is 11.1 Å². The first-order valence-electron chi connectivity index (χ1n) is 30.7. The van der Waals surface area contributed by atoms with Crippen molar-refractivity contribution < 1.29 is 0 Å². The number of para-hydroxylation sites is 2. The van der Waals surface area contributed by atoms with E-state index in [0.717, 1.165) is 36.3 Å². The lowest BCUT2D eigenvalue weighted by atomic mass is 9.33. The molecule has 3 nitrogen and oxygen atoms in total. The third-order valence-corrected chi connectivity index (χ3v) is 20.4. The van der Waals surface area contributed by atoms with Gasteiger partial charge in [-0.05, 0) is 214 Å². The lowest BCUT2D eigenvalue weighted by Gasteiger charge is -2.46. The van der Waals surface area contributed by atoms with E-state index >= 15 is 0 Å². The van der Waals surface area contributed by atoms with Crippen molar-refractivity contribution in [3.05, 3.63) is 202 Å². The van der Waals surface area contributed by atoms with Crippen molar-refractivity contribution in [1.82, 2.24) is 0 Å². The number of fused-ring (bicyclic) bond motifs is 7. The van der Waals surface area contributed by atoms with Gasteiger partial charge in [0.1, 0.15) is 0 Å². The monoisotopic (exact) mass is 1080 g/mol. The predicted octanol–water partition coefficient (Wildman–Crippen LogP) is 19.7. The second kappa shape index (κ2) is 17.6. The molecule has 4 heteroatoms. The molecule has 0 unspecified atom stereocenters. The van der Waals surface area contributed by atoms with Crippen LogP contribution in [0.3, 0.4) is 0 Å². The van der Waals surface area contributed by atoms with Crippen molar-refractivity contribution in [3.8, 4) is 11.1 Å². The molecule has 8 aromatic rings. The van der Waals surface area contributed by atoms with Gasteiger partial charge in [0.15, 0.2) is 0 Å². The van der Waals surface area contributed by atoms with E-state index in [1.165, 1.54) is 112 Å². The summed E-state index contributed by atoms with van der Waals surface area (Å²) >= 11 is 0. The number of rotatable bonds is 6. The van der Waals surface area contributed by atoms with Crippen LogP contribution in [-0.4, -0.2) is 6.71 Å². The van der Waals surface area contributed by atoms with Gasteiger partial charge in [-0.15, -0.1) is 0 Å². The molecular formula is C78H88BN3. The largest absolute Gasteiger partial charge is 0.311 e. The van der Waals surface area contributed by atoms with Gasteiger partial charge in [0.2, 0.25) is 0 Å². The van der Waals surface area contributed by atoms with Gasteiger partial charge in [-0.25, -0.2) is 0 Å². The molecule has 3 aliphatic carbocycles. The molecule has 0 atom stereocenters. The highest BCUT2D eigenvalue weighted by Gasteiger charge is 2.51. The Hall–Kier alpha value is -6.78. The molecule has 0 saturated carbocycles. The molecular weight excluding hydrogens is 990 g/mol. The number of anilines is 9. The Kier molecular flexibility index (Phi) is 11.7. The smallest absolute Gasteiger partial charge is 0.252 e. The summed E-state index contributed by atoms with van der Waals surface area (Å²) in [5.74, 6) is 0. The second-order valence-corrected chi connectivity index (χ2v) is 31.7. The van der Waals surface area contributed by atoms with Crippen molar-refractivity contribution in [2.45, 2.75) is 194 Å². The van der Waals surface area contributed by atoms with E-state index in [9.17, 15) is 0 Å². The van der Waals surface area contributed by atoms with Gasteiger partial charge in [-0.2, -0.15) is 0 Å². The Morgan fingerprint density at radius 1 is 0.366 bits per heavy atom. The van der Waals surface area contributed by atoms with E-state index < -0.39 is 0 Å². The van der Waals surface area contributed by atoms with Gasteiger partial charge >= 0.3 is 0 Å². The fourth-order valence-corrected chi connectivity index (χ4v) is 17.0. The molecule has 418 valence electrons. The van der Waals surface area contributed by atoms with Gasteiger partial charge in [0.05, 0.1) is 5.69 Å². The van der Waals surface area contributed by atoms with Gasteiger partial charge in [0, 0.05) is 51.1 Å². The van der Waals surface area contributed by atoms with E-state index in [1.54, 1.807) is 0 Å². The highest BCUT2D eigenvalue weighted by Crippen LogP contribution is 2.59. The molecule has 0 aromatic heterocycles. The Morgan fingerprint density at radius 3 is 1.35 bits per heavy atom. The zero-order valence-electron chi connectivity index (χ0n) is 53.0. The van der Waals surface area contributed by atoms with Crippen LogP contribution in [-0.2, 0) is 43.3 Å². The van der Waals surface area contributed by atoms with E-state index in [0.29, 0.717) is 0 Å². The van der Waals surface area contributed by atoms with Crippen LogP contribution in [0.5, 0.6) is 0 Å². The van der Waals surface area contributed by atoms with Crippen LogP contribution in [0.15, 0.2) is 152 Å². The lowest BCUT2D eigenvalue weighted by molar-refractivity contribution is 0.402. The van der Waals surface area contributed by atoms with Crippen molar-refractivity contribution >= 4 is 74.3 Å². The molecule has 2 heterocycles. The van der Waals surface area contributed by atoms with Crippen molar-refractivity contribution in [2.75, 3.05) is 14.7 Å². The summed E-state index contributed by atoms with van der Waals surface area (Å²) in [4.78, 5) is 7.95. The minimum Gasteiger partial charge on any atom is -0.311 e. The molecule has 0 amide bonds. The summed E-state index contributed by atoms with van der Waals surface area (Å²) in [5.41, 5.74) is 30.4. The molecule has 0 radical (unpaired) electrons. The summed E-state index contributed by atoms with van der Waals surface area (Å²) < 4.78 is 0. The van der Waals surface area contributed by atoms with Crippen LogP contribution in [0.2, 0.25) is 0 Å². The highest BCUT2D eigenvalue weighted by atomic mass is 15.2. The molecule has 8 aromatic carbocycles. The number of aryl methyl sites for hydroxylation is 1. The minimum absolute atomic E-state index is 0.00979. The summed E-state index contributed by atoms with van der Waals surface area (Å²) in [7, 11) is 0. The second-order valence-electron chi connectivity index (χ2n) is 31.7. The fourth-order valence-electron chi connectivity index (χ4n) is 17.0. The lowest BCUT2D eigenvalue weighted by Crippen LogP contribution is -2.61. The third kappa shape index (κ3) is 8.32. The summed E-state index contributed by atoms with van der Waals surface area (Å²) in [6.45, 7) is 46.4. The average Bonchev–Trinajstić information content (AvgIpc) is 2.71. The maximum Gasteiger partial charge on any atom is 0.252 e. The van der Waals surface area contributed by atoms with Gasteiger partial charge in [-0.3, -0.25) is 0 Å². The Labute approximate surface area is 493 Å². The van der Waals surface area contributed by atoms with Crippen molar-refractivity contribution in [3.63, 3.8) is 0 Å². The first-order chi connectivity index (χ1) is 38.3. The fraction of sp³-hybridized carbons (Fsp3) is 0.385. The number of benzene rings is 8. The van der Waals surface area contributed by atoms with Gasteiger partial charge in [-0.1, -0.05) is 203 Å². The first-order valence-corrected chi connectivity index (χ1v) is 30.7. The summed E-state index contributed by atoms with van der Waals surface area (Å²) in [6, 6.07) is 60.1. The molecule has 82 heavy (non-hydrogen) atoms. The maximum absolute atomic E-state index is 2.81. The topological polar surface area (TPSA) is 9.72 Å². The highest BCUT2D eigenvalue weighted by molar-refractivity contribution is 7.00. The minimum atomic E-state index is -0.185. The number of hydrogen-bond acceptors (Lipinski definition) is 3. The average molecular weight is 1080 g/mol. The van der Waals surface area contributed by atoms with E-state index in [4.69, 9.17) is 0 Å². The molecule has 0 N–H and O–H groups in total. The molecule has 0 fully saturated rings. The molecule has 0 saturated heterocycles. The van der Waals surface area contributed by atoms with Gasteiger partial charge in [0.25, 0.3) is 6.71 Å².